The van der Waals surface area contributed by atoms with Gasteiger partial charge in [-0.2, -0.15) is 0 Å². The van der Waals surface area contributed by atoms with Crippen LogP contribution in [0.4, 0.5) is 4.79 Å². The summed E-state index contributed by atoms with van der Waals surface area (Å²) in [7, 11) is 1.52. The molecule has 0 spiro atoms. The number of amidine groups is 1. The highest BCUT2D eigenvalue weighted by molar-refractivity contribution is 5.87. The highest BCUT2D eigenvalue weighted by Crippen LogP contribution is 2.10. The standard InChI is InChI=1S/C9H19N3O3/c1-6(7(10)11-14)12(5)8(13)15-9(2,3)4/h6,14H,1-5H3,(H2,10,11). The molecule has 6 heteroatoms. The second-order valence-corrected chi connectivity index (χ2v) is 4.29. The Labute approximate surface area is 89.7 Å². The van der Waals surface area contributed by atoms with E-state index in [1.807, 2.05) is 0 Å². The highest BCUT2D eigenvalue weighted by Gasteiger charge is 2.24. The smallest absolute Gasteiger partial charge is 0.410 e. The first-order valence-electron chi connectivity index (χ1n) is 4.62. The lowest BCUT2D eigenvalue weighted by molar-refractivity contribution is 0.0275. The third-order valence-electron chi connectivity index (χ3n) is 1.81. The van der Waals surface area contributed by atoms with Crippen LogP contribution in [-0.2, 0) is 4.74 Å². The lowest BCUT2D eigenvalue weighted by atomic mass is 10.2. The molecule has 0 aromatic heterocycles. The van der Waals surface area contributed by atoms with Gasteiger partial charge in [-0.15, -0.1) is 0 Å². The molecule has 0 saturated carbocycles. The number of ether oxygens (including phenoxy) is 1. The minimum atomic E-state index is -0.559. The van der Waals surface area contributed by atoms with Crippen LogP contribution < -0.4 is 5.73 Å². The molecule has 1 atom stereocenters. The molecule has 15 heavy (non-hydrogen) atoms. The minimum absolute atomic E-state index is 0.0386. The maximum absolute atomic E-state index is 11.5. The molecule has 0 heterocycles. The van der Waals surface area contributed by atoms with Gasteiger partial charge in [0.05, 0.1) is 6.04 Å². The number of hydrogen-bond donors (Lipinski definition) is 2. The van der Waals surface area contributed by atoms with E-state index in [1.165, 1.54) is 11.9 Å². The second kappa shape index (κ2) is 4.86. The molecular formula is C9H19N3O3. The Kier molecular flexibility index (Phi) is 4.39. The summed E-state index contributed by atoms with van der Waals surface area (Å²) in [5.74, 6) is -0.0386. The van der Waals surface area contributed by atoms with E-state index in [2.05, 4.69) is 5.16 Å². The van der Waals surface area contributed by atoms with Crippen LogP contribution in [0.1, 0.15) is 27.7 Å². The Bertz CT molecular complexity index is 258. The highest BCUT2D eigenvalue weighted by atomic mass is 16.6. The van der Waals surface area contributed by atoms with Crippen molar-refractivity contribution in [3.8, 4) is 0 Å². The Balaban J connectivity index is 4.46. The van der Waals surface area contributed by atoms with Gasteiger partial charge in [0.25, 0.3) is 0 Å². The zero-order valence-electron chi connectivity index (χ0n) is 9.81. The fraction of sp³-hybridized carbons (Fsp3) is 0.778. The minimum Gasteiger partial charge on any atom is -0.444 e. The van der Waals surface area contributed by atoms with E-state index in [0.717, 1.165) is 0 Å². The average molecular weight is 217 g/mol. The van der Waals surface area contributed by atoms with Gasteiger partial charge in [-0.1, -0.05) is 5.16 Å². The summed E-state index contributed by atoms with van der Waals surface area (Å²) in [5.41, 5.74) is 4.81. The molecule has 0 saturated heterocycles. The predicted molar refractivity (Wildman–Crippen MR) is 56.9 cm³/mol. The summed E-state index contributed by atoms with van der Waals surface area (Å²) in [4.78, 5) is 12.8. The Morgan fingerprint density at radius 2 is 2.00 bits per heavy atom. The molecule has 0 aromatic carbocycles. The van der Waals surface area contributed by atoms with E-state index in [-0.39, 0.29) is 5.84 Å². The number of oxime groups is 1. The van der Waals surface area contributed by atoms with Crippen LogP contribution in [0.25, 0.3) is 0 Å². The number of likely N-dealkylation sites (N-methyl/N-ethyl adjacent to an activating group) is 1. The summed E-state index contributed by atoms with van der Waals surface area (Å²) in [5, 5.41) is 11.3. The normalized spacial score (nSPS) is 14.6. The molecule has 6 nitrogen and oxygen atoms in total. The molecule has 1 amide bonds. The second-order valence-electron chi connectivity index (χ2n) is 4.29. The molecule has 0 aromatic rings. The molecule has 0 aliphatic carbocycles. The van der Waals surface area contributed by atoms with Gasteiger partial charge in [-0.05, 0) is 27.7 Å². The van der Waals surface area contributed by atoms with Crippen LogP contribution in [0.5, 0.6) is 0 Å². The molecule has 0 aliphatic rings. The van der Waals surface area contributed by atoms with E-state index in [1.54, 1.807) is 27.7 Å². The van der Waals surface area contributed by atoms with Crippen LogP contribution in [0, 0.1) is 0 Å². The van der Waals surface area contributed by atoms with E-state index >= 15 is 0 Å². The van der Waals surface area contributed by atoms with Gasteiger partial charge in [0, 0.05) is 7.05 Å². The van der Waals surface area contributed by atoms with Crippen molar-refractivity contribution >= 4 is 11.9 Å². The van der Waals surface area contributed by atoms with Crippen molar-refractivity contribution < 1.29 is 14.7 Å². The van der Waals surface area contributed by atoms with Crippen molar-refractivity contribution in [1.82, 2.24) is 4.90 Å². The Morgan fingerprint density at radius 3 is 2.33 bits per heavy atom. The van der Waals surface area contributed by atoms with Crippen molar-refractivity contribution in [3.63, 3.8) is 0 Å². The first-order chi connectivity index (χ1) is 6.69. The molecule has 0 aliphatic heterocycles. The van der Waals surface area contributed by atoms with Crippen molar-refractivity contribution in [1.29, 1.82) is 0 Å². The van der Waals surface area contributed by atoms with Gasteiger partial charge in [-0.3, -0.25) is 0 Å². The monoisotopic (exact) mass is 217 g/mol. The van der Waals surface area contributed by atoms with Gasteiger partial charge in [0.15, 0.2) is 5.84 Å². The predicted octanol–water partition coefficient (Wildman–Crippen LogP) is 0.988. The summed E-state index contributed by atoms with van der Waals surface area (Å²) >= 11 is 0. The van der Waals surface area contributed by atoms with Gasteiger partial charge < -0.3 is 20.6 Å². The van der Waals surface area contributed by atoms with Crippen molar-refractivity contribution in [2.24, 2.45) is 10.9 Å². The average Bonchev–Trinajstić information content (AvgIpc) is 2.11. The van der Waals surface area contributed by atoms with Crippen molar-refractivity contribution in [3.05, 3.63) is 0 Å². The van der Waals surface area contributed by atoms with Gasteiger partial charge in [-0.25, -0.2) is 4.79 Å². The Morgan fingerprint density at radius 1 is 1.53 bits per heavy atom. The summed E-state index contributed by atoms with van der Waals surface area (Å²) in [6.07, 6.45) is -0.512. The molecule has 0 bridgehead atoms. The molecule has 0 radical (unpaired) electrons. The summed E-state index contributed by atoms with van der Waals surface area (Å²) in [6.45, 7) is 6.95. The summed E-state index contributed by atoms with van der Waals surface area (Å²) < 4.78 is 5.11. The number of nitrogens with zero attached hydrogens (tertiary/aromatic N) is 2. The maximum atomic E-state index is 11.5. The van der Waals surface area contributed by atoms with Crippen LogP contribution in [0.3, 0.4) is 0 Å². The van der Waals surface area contributed by atoms with Crippen LogP contribution in [0.15, 0.2) is 5.16 Å². The molecule has 0 fully saturated rings. The number of hydrogen-bond acceptors (Lipinski definition) is 4. The fourth-order valence-electron chi connectivity index (χ4n) is 0.774. The third kappa shape index (κ3) is 4.53. The molecule has 88 valence electrons. The Hall–Kier alpha value is -1.46. The first-order valence-corrected chi connectivity index (χ1v) is 4.62. The zero-order chi connectivity index (χ0) is 12.2. The van der Waals surface area contributed by atoms with Gasteiger partial charge in [0.2, 0.25) is 0 Å². The third-order valence-corrected chi connectivity index (χ3v) is 1.81. The number of rotatable bonds is 2. The lowest BCUT2D eigenvalue weighted by Crippen LogP contribution is -2.45. The van der Waals surface area contributed by atoms with Crippen LogP contribution in [0.2, 0.25) is 0 Å². The SMILES string of the molecule is CC(C(N)=NO)N(C)C(=O)OC(C)(C)C. The lowest BCUT2D eigenvalue weighted by Gasteiger charge is -2.27. The molecule has 3 N–H and O–H groups in total. The number of carbonyl (C=O) groups excluding carboxylic acids is 1. The van der Waals surface area contributed by atoms with Crippen LogP contribution in [-0.4, -0.2) is 40.7 Å². The van der Waals surface area contributed by atoms with E-state index in [4.69, 9.17) is 15.7 Å². The first kappa shape index (κ1) is 13.5. The molecule has 1 unspecified atom stereocenters. The van der Waals surface area contributed by atoms with Crippen LogP contribution >= 0.6 is 0 Å². The topological polar surface area (TPSA) is 88.2 Å². The van der Waals surface area contributed by atoms with E-state index < -0.39 is 17.7 Å². The maximum Gasteiger partial charge on any atom is 0.410 e. The van der Waals surface area contributed by atoms with Gasteiger partial charge >= 0.3 is 6.09 Å². The fourth-order valence-corrected chi connectivity index (χ4v) is 0.774. The van der Waals surface area contributed by atoms with E-state index in [9.17, 15) is 4.79 Å². The van der Waals surface area contributed by atoms with Crippen molar-refractivity contribution in [2.75, 3.05) is 7.05 Å². The molecule has 0 rings (SSSR count). The number of carbonyl (C=O) groups is 1. The largest absolute Gasteiger partial charge is 0.444 e. The number of nitrogens with two attached hydrogens (primary N) is 1. The van der Waals surface area contributed by atoms with Crippen molar-refractivity contribution in [2.45, 2.75) is 39.3 Å². The molecular weight excluding hydrogens is 198 g/mol. The number of amides is 1. The van der Waals surface area contributed by atoms with Gasteiger partial charge in [0.1, 0.15) is 5.60 Å². The van der Waals surface area contributed by atoms with E-state index in [0.29, 0.717) is 0 Å². The summed E-state index contributed by atoms with van der Waals surface area (Å²) in [6, 6.07) is -0.509. The quantitative estimate of drug-likeness (QED) is 0.312. The zero-order valence-corrected chi connectivity index (χ0v) is 9.81.